The highest BCUT2D eigenvalue weighted by molar-refractivity contribution is 7.91. The molecule has 11 heteroatoms. The summed E-state index contributed by atoms with van der Waals surface area (Å²) >= 11 is 7.49. The first-order chi connectivity index (χ1) is 16.8. The quantitative estimate of drug-likeness (QED) is 0.401. The first-order valence-electron chi connectivity index (χ1n) is 11.3. The van der Waals surface area contributed by atoms with Gasteiger partial charge in [-0.3, -0.25) is 9.59 Å². The Balaban J connectivity index is 1.55. The number of nitrogens with zero attached hydrogens (tertiary/aromatic N) is 2. The predicted molar refractivity (Wildman–Crippen MR) is 136 cm³/mol. The number of carbonyl (C=O) groups excluding carboxylic acids is 2. The molecule has 3 aromatic rings. The standard InChI is InChI=1S/C24H25ClN4O4S2/c1-2-13-35(32,33)24-27-14-17(25)20(28-24)22(31)29-23-19(16-9-6-10-18(16)34-23)21(30)26-12-11-15-7-4-3-5-8-15/h3-5,7-8,14H,2,6,9-13H2,1H3,(H,26,30)(H,29,31). The molecule has 1 aliphatic carbocycles. The van der Waals surface area contributed by atoms with Crippen molar-refractivity contribution in [2.75, 3.05) is 17.6 Å². The third kappa shape index (κ3) is 5.71. The number of thiophene rings is 1. The molecule has 0 fully saturated rings. The zero-order valence-electron chi connectivity index (χ0n) is 19.1. The molecule has 1 aliphatic rings. The van der Waals surface area contributed by atoms with E-state index in [1.165, 1.54) is 11.3 Å². The van der Waals surface area contributed by atoms with Crippen LogP contribution in [0.5, 0.6) is 0 Å². The Labute approximate surface area is 213 Å². The molecule has 0 atom stereocenters. The smallest absolute Gasteiger partial charge is 0.276 e. The number of fused-ring (bicyclic) bond motifs is 1. The van der Waals surface area contributed by atoms with E-state index in [0.29, 0.717) is 30.0 Å². The van der Waals surface area contributed by atoms with Crippen molar-refractivity contribution in [3.63, 3.8) is 0 Å². The van der Waals surface area contributed by atoms with E-state index in [1.807, 2.05) is 30.3 Å². The van der Waals surface area contributed by atoms with Gasteiger partial charge >= 0.3 is 0 Å². The lowest BCUT2D eigenvalue weighted by atomic mass is 10.1. The van der Waals surface area contributed by atoms with E-state index in [0.717, 1.165) is 41.5 Å². The average Bonchev–Trinajstić information content (AvgIpc) is 3.40. The molecule has 8 nitrogen and oxygen atoms in total. The number of benzene rings is 1. The highest BCUT2D eigenvalue weighted by atomic mass is 35.5. The van der Waals surface area contributed by atoms with Crippen molar-refractivity contribution in [2.45, 2.75) is 44.2 Å². The molecule has 184 valence electrons. The van der Waals surface area contributed by atoms with Gasteiger partial charge in [0.2, 0.25) is 15.0 Å². The number of hydrogen-bond donors (Lipinski definition) is 2. The number of aromatic nitrogens is 2. The minimum Gasteiger partial charge on any atom is -0.352 e. The number of rotatable bonds is 9. The van der Waals surface area contributed by atoms with Gasteiger partial charge in [0.15, 0.2) is 5.69 Å². The summed E-state index contributed by atoms with van der Waals surface area (Å²) in [5.74, 6) is -1.08. The number of sulfone groups is 1. The Morgan fingerprint density at radius 1 is 1.14 bits per heavy atom. The van der Waals surface area contributed by atoms with Crippen LogP contribution in [-0.4, -0.2) is 42.5 Å². The van der Waals surface area contributed by atoms with E-state index in [-0.39, 0.29) is 22.4 Å². The lowest BCUT2D eigenvalue weighted by Gasteiger charge is -2.10. The highest BCUT2D eigenvalue weighted by Crippen LogP contribution is 2.39. The number of anilines is 1. The van der Waals surface area contributed by atoms with Gasteiger partial charge in [-0.05, 0) is 43.2 Å². The molecular weight excluding hydrogens is 508 g/mol. The van der Waals surface area contributed by atoms with E-state index >= 15 is 0 Å². The molecule has 0 aliphatic heterocycles. The fraction of sp³-hybridized carbons (Fsp3) is 0.333. The Morgan fingerprint density at radius 2 is 1.91 bits per heavy atom. The molecular formula is C24H25ClN4O4S2. The maximum absolute atomic E-state index is 13.1. The zero-order valence-corrected chi connectivity index (χ0v) is 21.5. The van der Waals surface area contributed by atoms with Crippen molar-refractivity contribution in [3.8, 4) is 0 Å². The SMILES string of the molecule is CCCS(=O)(=O)c1ncc(Cl)c(C(=O)Nc2sc3c(c2C(=O)NCCc2ccccc2)CCC3)n1. The van der Waals surface area contributed by atoms with E-state index < -0.39 is 20.9 Å². The normalized spacial score (nSPS) is 12.9. The van der Waals surface area contributed by atoms with Gasteiger partial charge in [-0.2, -0.15) is 0 Å². The van der Waals surface area contributed by atoms with Gasteiger partial charge in [-0.15, -0.1) is 11.3 Å². The summed E-state index contributed by atoms with van der Waals surface area (Å²) in [5, 5.41) is 5.59. The van der Waals surface area contributed by atoms with Crippen LogP contribution >= 0.6 is 22.9 Å². The van der Waals surface area contributed by atoms with Crippen molar-refractivity contribution in [3.05, 3.63) is 68.8 Å². The summed E-state index contributed by atoms with van der Waals surface area (Å²) in [5.41, 5.74) is 2.26. The molecule has 0 unspecified atom stereocenters. The van der Waals surface area contributed by atoms with E-state index in [1.54, 1.807) is 6.92 Å². The molecule has 4 rings (SSSR count). The number of carbonyl (C=O) groups is 2. The Hall–Kier alpha value is -2.82. The predicted octanol–water partition coefficient (Wildman–Crippen LogP) is 4.09. The molecule has 2 heterocycles. The van der Waals surface area contributed by atoms with Crippen molar-refractivity contribution in [1.82, 2.24) is 15.3 Å². The largest absolute Gasteiger partial charge is 0.352 e. The van der Waals surface area contributed by atoms with Gasteiger partial charge in [-0.25, -0.2) is 18.4 Å². The summed E-state index contributed by atoms with van der Waals surface area (Å²) in [7, 11) is -3.73. The summed E-state index contributed by atoms with van der Waals surface area (Å²) < 4.78 is 24.7. The minimum atomic E-state index is -3.73. The van der Waals surface area contributed by atoms with Gasteiger partial charge in [0.05, 0.1) is 22.5 Å². The van der Waals surface area contributed by atoms with Crippen LogP contribution < -0.4 is 10.6 Å². The van der Waals surface area contributed by atoms with Crippen LogP contribution in [0.2, 0.25) is 5.02 Å². The fourth-order valence-electron chi connectivity index (χ4n) is 3.97. The van der Waals surface area contributed by atoms with E-state index in [4.69, 9.17) is 11.6 Å². The summed E-state index contributed by atoms with van der Waals surface area (Å²) in [6.07, 6.45) is 4.74. The topological polar surface area (TPSA) is 118 Å². The van der Waals surface area contributed by atoms with Crippen LogP contribution in [0.4, 0.5) is 5.00 Å². The average molecular weight is 533 g/mol. The van der Waals surface area contributed by atoms with E-state index in [9.17, 15) is 18.0 Å². The first kappa shape index (κ1) is 25.3. The molecule has 2 N–H and O–H groups in total. The van der Waals surface area contributed by atoms with Crippen molar-refractivity contribution in [2.24, 2.45) is 0 Å². The van der Waals surface area contributed by atoms with Crippen LogP contribution in [0.15, 0.2) is 41.7 Å². The minimum absolute atomic E-state index is 0.0732. The Morgan fingerprint density at radius 3 is 2.66 bits per heavy atom. The van der Waals surface area contributed by atoms with Crippen LogP contribution in [0.3, 0.4) is 0 Å². The molecule has 0 saturated heterocycles. The van der Waals surface area contributed by atoms with Crippen molar-refractivity contribution in [1.29, 1.82) is 0 Å². The van der Waals surface area contributed by atoms with Crippen LogP contribution in [0.1, 0.15) is 56.6 Å². The number of amides is 2. The summed E-state index contributed by atoms with van der Waals surface area (Å²) in [6.45, 7) is 2.18. The summed E-state index contributed by atoms with van der Waals surface area (Å²) in [4.78, 5) is 35.0. The number of aryl methyl sites for hydroxylation is 1. The fourth-order valence-corrected chi connectivity index (χ4v) is 6.59. The third-order valence-electron chi connectivity index (χ3n) is 5.61. The molecule has 0 bridgehead atoms. The Kier molecular flexibility index (Phi) is 7.83. The van der Waals surface area contributed by atoms with Gasteiger partial charge in [0.25, 0.3) is 11.8 Å². The molecule has 0 spiro atoms. The second kappa shape index (κ2) is 10.8. The molecule has 35 heavy (non-hydrogen) atoms. The number of nitrogens with one attached hydrogen (secondary N) is 2. The first-order valence-corrected chi connectivity index (χ1v) is 14.2. The van der Waals surface area contributed by atoms with Crippen LogP contribution in [-0.2, 0) is 29.1 Å². The molecule has 2 amide bonds. The van der Waals surface area contributed by atoms with Crippen molar-refractivity contribution >= 4 is 49.6 Å². The van der Waals surface area contributed by atoms with Crippen LogP contribution in [0.25, 0.3) is 0 Å². The molecule has 1 aromatic carbocycles. The van der Waals surface area contributed by atoms with Gasteiger partial charge in [-0.1, -0.05) is 48.9 Å². The van der Waals surface area contributed by atoms with E-state index in [2.05, 4.69) is 20.6 Å². The second-order valence-electron chi connectivity index (χ2n) is 8.18. The second-order valence-corrected chi connectivity index (χ2v) is 11.7. The molecule has 2 aromatic heterocycles. The number of halogens is 1. The maximum Gasteiger partial charge on any atom is 0.276 e. The van der Waals surface area contributed by atoms with Gasteiger partial charge in [0, 0.05) is 11.4 Å². The maximum atomic E-state index is 13.1. The zero-order chi connectivity index (χ0) is 25.0. The lowest BCUT2D eigenvalue weighted by molar-refractivity contribution is 0.0954. The number of hydrogen-bond acceptors (Lipinski definition) is 7. The van der Waals surface area contributed by atoms with Crippen LogP contribution in [0, 0.1) is 0 Å². The van der Waals surface area contributed by atoms with Crippen molar-refractivity contribution < 1.29 is 18.0 Å². The summed E-state index contributed by atoms with van der Waals surface area (Å²) in [6, 6.07) is 9.85. The van der Waals surface area contributed by atoms with Gasteiger partial charge in [0.1, 0.15) is 5.00 Å². The monoisotopic (exact) mass is 532 g/mol. The third-order valence-corrected chi connectivity index (χ3v) is 8.79. The highest BCUT2D eigenvalue weighted by Gasteiger charge is 2.29. The Bertz CT molecular complexity index is 1360. The molecule has 0 radical (unpaired) electrons. The van der Waals surface area contributed by atoms with Gasteiger partial charge < -0.3 is 10.6 Å². The molecule has 0 saturated carbocycles. The lowest BCUT2D eigenvalue weighted by Crippen LogP contribution is -2.27.